The van der Waals surface area contributed by atoms with Crippen LogP contribution in [0.15, 0.2) is 57.7 Å². The van der Waals surface area contributed by atoms with E-state index in [-0.39, 0.29) is 0 Å². The molecule has 0 unspecified atom stereocenters. The molecule has 2 atom stereocenters. The monoisotopic (exact) mass is 497 g/mol. The summed E-state index contributed by atoms with van der Waals surface area (Å²) in [7, 11) is 3.23. The predicted molar refractivity (Wildman–Crippen MR) is 137 cm³/mol. The van der Waals surface area contributed by atoms with Gasteiger partial charge in [0.05, 0.1) is 24.6 Å². The molecule has 3 aromatic rings. The summed E-state index contributed by atoms with van der Waals surface area (Å²) < 4.78 is 15.9. The van der Waals surface area contributed by atoms with Gasteiger partial charge in [-0.2, -0.15) is 0 Å². The fraction of sp³-hybridized carbons (Fsp3) is 0.346. The minimum atomic E-state index is -1.28. The van der Waals surface area contributed by atoms with Crippen LogP contribution in [0.2, 0.25) is 0 Å². The fourth-order valence-electron chi connectivity index (χ4n) is 3.56. The van der Waals surface area contributed by atoms with Crippen molar-refractivity contribution in [3.05, 3.63) is 59.0 Å². The van der Waals surface area contributed by atoms with E-state index in [0.717, 1.165) is 5.39 Å². The Morgan fingerprint density at radius 1 is 1.11 bits per heavy atom. The lowest BCUT2D eigenvalue weighted by Crippen LogP contribution is -2.51. The summed E-state index contributed by atoms with van der Waals surface area (Å²) in [4.78, 5) is 39.1. The number of alkyl carbamates (subject to hydrolysis) is 1. The number of carbonyl (C=O) groups excluding carboxylic acids is 2. The van der Waals surface area contributed by atoms with E-state index in [4.69, 9.17) is 13.9 Å². The topological polar surface area (TPSA) is 130 Å². The quantitative estimate of drug-likeness (QED) is 0.421. The predicted octanol–water partition coefficient (Wildman–Crippen LogP) is 3.78. The third-order valence-electron chi connectivity index (χ3n) is 5.25. The van der Waals surface area contributed by atoms with Gasteiger partial charge in [0.25, 0.3) is 0 Å². The van der Waals surface area contributed by atoms with Crippen LogP contribution in [-0.4, -0.2) is 49.0 Å². The van der Waals surface area contributed by atoms with Crippen molar-refractivity contribution < 1.29 is 28.6 Å². The molecule has 2 amide bonds. The van der Waals surface area contributed by atoms with Gasteiger partial charge in [0, 0.05) is 24.2 Å². The van der Waals surface area contributed by atoms with Crippen LogP contribution in [-0.2, 0) is 9.53 Å². The Kier molecular flexibility index (Phi) is 7.89. The first-order chi connectivity index (χ1) is 16.9. The van der Waals surface area contributed by atoms with Crippen LogP contribution >= 0.6 is 0 Å². The van der Waals surface area contributed by atoms with Crippen molar-refractivity contribution in [3.63, 3.8) is 0 Å². The Balaban J connectivity index is 1.91. The first-order valence-electron chi connectivity index (χ1n) is 11.3. The minimum absolute atomic E-state index is 0.302. The number of nitrogens with one attached hydrogen (secondary N) is 2. The van der Waals surface area contributed by atoms with Crippen molar-refractivity contribution in [2.24, 2.45) is 0 Å². The largest absolute Gasteiger partial charge is 0.495 e. The summed E-state index contributed by atoms with van der Waals surface area (Å²) in [5.41, 5.74) is 0.724. The highest BCUT2D eigenvalue weighted by Gasteiger charge is 2.29. The van der Waals surface area contributed by atoms with Crippen LogP contribution < -0.4 is 25.9 Å². The Hall–Kier alpha value is -4.05. The molecule has 0 radical (unpaired) electrons. The van der Waals surface area contributed by atoms with Gasteiger partial charge in [-0.3, -0.25) is 4.79 Å². The molecule has 10 heteroatoms. The molecular weight excluding hydrogens is 466 g/mol. The summed E-state index contributed by atoms with van der Waals surface area (Å²) in [6, 6.07) is 12.4. The molecule has 3 N–H and O–H groups in total. The highest BCUT2D eigenvalue weighted by Crippen LogP contribution is 2.34. The number of hydrogen-bond acceptors (Lipinski definition) is 8. The average Bonchev–Trinajstić information content (AvgIpc) is 2.80. The normalized spacial score (nSPS) is 13.0. The number of carbonyl (C=O) groups is 2. The maximum atomic E-state index is 13.0. The van der Waals surface area contributed by atoms with Crippen molar-refractivity contribution >= 4 is 40.0 Å². The molecule has 0 saturated carbocycles. The summed E-state index contributed by atoms with van der Waals surface area (Å²) in [6.45, 7) is 6.46. The van der Waals surface area contributed by atoms with E-state index in [1.165, 1.54) is 20.1 Å². The van der Waals surface area contributed by atoms with Gasteiger partial charge in [0.15, 0.2) is 0 Å². The fourth-order valence-corrected chi connectivity index (χ4v) is 3.56. The number of rotatable bonds is 7. The smallest absolute Gasteiger partial charge is 0.408 e. The van der Waals surface area contributed by atoms with Gasteiger partial charge in [-0.05, 0) is 58.0 Å². The van der Waals surface area contributed by atoms with Gasteiger partial charge in [-0.15, -0.1) is 0 Å². The molecule has 0 aliphatic heterocycles. The zero-order valence-electron chi connectivity index (χ0n) is 21.1. The van der Waals surface area contributed by atoms with Gasteiger partial charge in [0.2, 0.25) is 5.91 Å². The van der Waals surface area contributed by atoms with Crippen molar-refractivity contribution in [2.45, 2.75) is 45.4 Å². The maximum Gasteiger partial charge on any atom is 0.408 e. The van der Waals surface area contributed by atoms with E-state index < -0.39 is 35.4 Å². The number of aliphatic hydroxyl groups excluding tert-OH is 1. The lowest BCUT2D eigenvalue weighted by Gasteiger charge is -2.25. The van der Waals surface area contributed by atoms with E-state index in [1.54, 1.807) is 63.1 Å². The summed E-state index contributed by atoms with van der Waals surface area (Å²) >= 11 is 0. The number of benzene rings is 2. The first kappa shape index (κ1) is 26.6. The van der Waals surface area contributed by atoms with Crippen molar-refractivity contribution in [1.82, 2.24) is 5.32 Å². The zero-order valence-corrected chi connectivity index (χ0v) is 21.1. The third-order valence-corrected chi connectivity index (χ3v) is 5.25. The number of hydrogen-bond donors (Lipinski definition) is 3. The zero-order chi connectivity index (χ0) is 26.6. The van der Waals surface area contributed by atoms with Crippen LogP contribution in [0.25, 0.3) is 11.0 Å². The van der Waals surface area contributed by atoms with E-state index in [2.05, 4.69) is 10.6 Å². The maximum absolute atomic E-state index is 13.0. The summed E-state index contributed by atoms with van der Waals surface area (Å²) in [6.07, 6.45) is -2.04. The number of nitrogens with zero attached hydrogens (tertiary/aromatic N) is 1. The van der Waals surface area contributed by atoms with Crippen LogP contribution in [0.1, 0.15) is 27.7 Å². The molecule has 0 spiro atoms. The van der Waals surface area contributed by atoms with E-state index >= 15 is 0 Å². The molecule has 0 aliphatic carbocycles. The number of fused-ring (bicyclic) bond motifs is 1. The molecular formula is C26H31N3O7. The first-order valence-corrected chi connectivity index (χ1v) is 11.3. The standard InChI is InChI=1S/C26H31N3O7/c1-15(30)23(28-25(33)36-26(2,3)4)24(32)27-18-13-16(11-12-21(18)34-6)29(5)19-14-22(31)35-20-10-8-7-9-17(19)20/h7-15,23,30H,1-6H3,(H,27,32)(H,28,33)/t15-,23+/m1/s1. The lowest BCUT2D eigenvalue weighted by molar-refractivity contribution is -0.120. The van der Waals surface area contributed by atoms with Crippen LogP contribution in [0.5, 0.6) is 5.75 Å². The number of ether oxygens (including phenoxy) is 2. The number of amides is 2. The minimum Gasteiger partial charge on any atom is -0.495 e. The van der Waals surface area contributed by atoms with Crippen LogP contribution in [0.3, 0.4) is 0 Å². The molecule has 1 heterocycles. The second kappa shape index (κ2) is 10.7. The van der Waals surface area contributed by atoms with E-state index in [9.17, 15) is 19.5 Å². The molecule has 0 aliphatic rings. The summed E-state index contributed by atoms with van der Waals surface area (Å²) in [5.74, 6) is -0.306. The van der Waals surface area contributed by atoms with Gasteiger partial charge >= 0.3 is 11.7 Å². The second-order valence-corrected chi connectivity index (χ2v) is 9.24. The van der Waals surface area contributed by atoms with Gasteiger partial charge in [-0.25, -0.2) is 9.59 Å². The van der Waals surface area contributed by atoms with Crippen molar-refractivity contribution in [1.29, 1.82) is 0 Å². The Labute approximate surface area is 208 Å². The Morgan fingerprint density at radius 3 is 2.44 bits per heavy atom. The SMILES string of the molecule is COc1ccc(N(C)c2cc(=O)oc3ccccc23)cc1NC(=O)[C@@H](NC(=O)OC(C)(C)C)[C@@H](C)O. The molecule has 3 rings (SSSR count). The van der Waals surface area contributed by atoms with Gasteiger partial charge < -0.3 is 34.5 Å². The second-order valence-electron chi connectivity index (χ2n) is 9.24. The Bertz CT molecular complexity index is 1310. The number of para-hydroxylation sites is 1. The molecule has 192 valence electrons. The highest BCUT2D eigenvalue weighted by atomic mass is 16.6. The van der Waals surface area contributed by atoms with E-state index in [1.807, 2.05) is 12.1 Å². The van der Waals surface area contributed by atoms with Gasteiger partial charge in [0.1, 0.15) is 23.0 Å². The van der Waals surface area contributed by atoms with Crippen LogP contribution in [0.4, 0.5) is 21.9 Å². The molecule has 0 bridgehead atoms. The number of aliphatic hydroxyl groups is 1. The van der Waals surface area contributed by atoms with E-state index in [0.29, 0.717) is 28.4 Å². The summed E-state index contributed by atoms with van der Waals surface area (Å²) in [5, 5.41) is 16.0. The molecule has 36 heavy (non-hydrogen) atoms. The molecule has 2 aromatic carbocycles. The van der Waals surface area contributed by atoms with Crippen molar-refractivity contribution in [2.75, 3.05) is 24.4 Å². The Morgan fingerprint density at radius 2 is 1.81 bits per heavy atom. The highest BCUT2D eigenvalue weighted by molar-refractivity contribution is 5.99. The number of anilines is 3. The van der Waals surface area contributed by atoms with Gasteiger partial charge in [-0.1, -0.05) is 12.1 Å². The average molecular weight is 498 g/mol. The molecule has 0 fully saturated rings. The molecule has 10 nitrogen and oxygen atoms in total. The van der Waals surface area contributed by atoms with Crippen molar-refractivity contribution in [3.8, 4) is 5.75 Å². The third kappa shape index (κ3) is 6.33. The molecule has 0 saturated heterocycles. The number of methoxy groups -OCH3 is 1. The molecule has 1 aromatic heterocycles. The van der Waals surface area contributed by atoms with Crippen LogP contribution in [0, 0.1) is 0 Å². The lowest BCUT2D eigenvalue weighted by atomic mass is 10.1.